The van der Waals surface area contributed by atoms with Crippen molar-refractivity contribution < 1.29 is 9.90 Å². The van der Waals surface area contributed by atoms with Gasteiger partial charge in [0.25, 0.3) is 0 Å². The van der Waals surface area contributed by atoms with Crippen LogP contribution in [0.2, 0.25) is 0 Å². The molecule has 1 N–H and O–H groups in total. The zero-order valence-electron chi connectivity index (χ0n) is 8.03. The minimum atomic E-state index is 0.0689. The number of rotatable bonds is 4. The molecule has 1 atom stereocenters. The third-order valence-electron chi connectivity index (χ3n) is 2.34. The summed E-state index contributed by atoms with van der Waals surface area (Å²) in [5.74, 6) is 2.49. The van der Waals surface area contributed by atoms with E-state index in [-0.39, 0.29) is 18.4 Å². The third kappa shape index (κ3) is 2.88. The van der Waals surface area contributed by atoms with E-state index in [9.17, 15) is 4.79 Å². The van der Waals surface area contributed by atoms with Gasteiger partial charge in [0.05, 0.1) is 6.61 Å². The molecule has 1 rings (SSSR count). The standard InChI is InChI=1S/C9H17NO2S/c1-2-10(4-5-11)9(12)8-3-6-13-7-8/h8,11H,2-7H2,1H3. The number of amides is 1. The normalized spacial score (nSPS) is 21.8. The summed E-state index contributed by atoms with van der Waals surface area (Å²) in [7, 11) is 0. The molecule has 76 valence electrons. The number of likely N-dealkylation sites (N-methyl/N-ethyl adjacent to an activating group) is 1. The molecule has 0 aromatic rings. The van der Waals surface area contributed by atoms with Gasteiger partial charge in [-0.2, -0.15) is 11.8 Å². The van der Waals surface area contributed by atoms with Crippen LogP contribution in [0.1, 0.15) is 13.3 Å². The molecule has 1 amide bonds. The van der Waals surface area contributed by atoms with Crippen molar-refractivity contribution in [3.05, 3.63) is 0 Å². The number of aliphatic hydroxyl groups is 1. The highest BCUT2D eigenvalue weighted by Crippen LogP contribution is 2.24. The number of nitrogens with zero attached hydrogens (tertiary/aromatic N) is 1. The number of carbonyl (C=O) groups excluding carboxylic acids is 1. The first-order valence-corrected chi connectivity index (χ1v) is 5.92. The summed E-state index contributed by atoms with van der Waals surface area (Å²) in [4.78, 5) is 13.5. The van der Waals surface area contributed by atoms with Gasteiger partial charge >= 0.3 is 0 Å². The van der Waals surface area contributed by atoms with Gasteiger partial charge in [0.1, 0.15) is 0 Å². The molecule has 1 aliphatic heterocycles. The van der Waals surface area contributed by atoms with Gasteiger partial charge in [0.15, 0.2) is 0 Å². The van der Waals surface area contributed by atoms with Crippen molar-refractivity contribution in [1.29, 1.82) is 0 Å². The molecule has 0 radical (unpaired) electrons. The maximum Gasteiger partial charge on any atom is 0.226 e. The smallest absolute Gasteiger partial charge is 0.226 e. The summed E-state index contributed by atoms with van der Waals surface area (Å²) in [6.07, 6.45) is 1.01. The minimum Gasteiger partial charge on any atom is -0.395 e. The summed E-state index contributed by atoms with van der Waals surface area (Å²) >= 11 is 1.85. The van der Waals surface area contributed by atoms with Crippen molar-refractivity contribution in [2.75, 3.05) is 31.2 Å². The Hall–Kier alpha value is -0.220. The van der Waals surface area contributed by atoms with Crippen LogP contribution in [0, 0.1) is 5.92 Å². The molecule has 0 saturated carbocycles. The Kier molecular flexibility index (Phi) is 4.59. The molecule has 3 nitrogen and oxygen atoms in total. The summed E-state index contributed by atoms with van der Waals surface area (Å²) in [6, 6.07) is 0. The Morgan fingerprint density at radius 1 is 1.69 bits per heavy atom. The number of aliphatic hydroxyl groups excluding tert-OH is 1. The van der Waals surface area contributed by atoms with Crippen LogP contribution in [0.25, 0.3) is 0 Å². The van der Waals surface area contributed by atoms with E-state index in [4.69, 9.17) is 5.11 Å². The van der Waals surface area contributed by atoms with E-state index in [2.05, 4.69) is 0 Å². The first-order valence-electron chi connectivity index (χ1n) is 4.77. The van der Waals surface area contributed by atoms with E-state index in [0.29, 0.717) is 13.1 Å². The van der Waals surface area contributed by atoms with Crippen molar-refractivity contribution in [2.24, 2.45) is 5.92 Å². The lowest BCUT2D eigenvalue weighted by Crippen LogP contribution is -2.37. The number of hydrogen-bond acceptors (Lipinski definition) is 3. The number of hydrogen-bond donors (Lipinski definition) is 1. The SMILES string of the molecule is CCN(CCO)C(=O)C1CCSC1. The van der Waals surface area contributed by atoms with Gasteiger partial charge in [-0.3, -0.25) is 4.79 Å². The second kappa shape index (κ2) is 5.50. The van der Waals surface area contributed by atoms with Crippen LogP contribution in [0.5, 0.6) is 0 Å². The quantitative estimate of drug-likeness (QED) is 0.726. The molecule has 0 aromatic carbocycles. The van der Waals surface area contributed by atoms with E-state index < -0.39 is 0 Å². The topological polar surface area (TPSA) is 40.5 Å². The largest absolute Gasteiger partial charge is 0.395 e. The Labute approximate surface area is 83.5 Å². The van der Waals surface area contributed by atoms with Gasteiger partial charge in [-0.25, -0.2) is 0 Å². The van der Waals surface area contributed by atoms with Crippen LogP contribution in [0.15, 0.2) is 0 Å². The Morgan fingerprint density at radius 3 is 2.92 bits per heavy atom. The van der Waals surface area contributed by atoms with Crippen LogP contribution >= 0.6 is 11.8 Å². The summed E-state index contributed by atoms with van der Waals surface area (Å²) < 4.78 is 0. The molecule has 1 fully saturated rings. The van der Waals surface area contributed by atoms with Crippen molar-refractivity contribution in [3.8, 4) is 0 Å². The molecule has 0 spiro atoms. The first kappa shape index (κ1) is 10.9. The summed E-state index contributed by atoms with van der Waals surface area (Å²) in [5.41, 5.74) is 0. The predicted octanol–water partition coefficient (Wildman–Crippen LogP) is 0.580. The molecule has 0 bridgehead atoms. The molecule has 0 aliphatic carbocycles. The molecule has 1 heterocycles. The second-order valence-corrected chi connectivity index (χ2v) is 4.35. The van der Waals surface area contributed by atoms with Gasteiger partial charge in [0.2, 0.25) is 5.91 Å². The maximum absolute atomic E-state index is 11.8. The predicted molar refractivity (Wildman–Crippen MR) is 54.8 cm³/mol. The molecule has 1 aliphatic rings. The lowest BCUT2D eigenvalue weighted by Gasteiger charge is -2.22. The van der Waals surface area contributed by atoms with Crippen LogP contribution < -0.4 is 0 Å². The zero-order valence-corrected chi connectivity index (χ0v) is 8.85. The number of carbonyl (C=O) groups is 1. The fourth-order valence-corrected chi connectivity index (χ4v) is 2.74. The number of thioether (sulfide) groups is 1. The van der Waals surface area contributed by atoms with Crippen molar-refractivity contribution in [3.63, 3.8) is 0 Å². The first-order chi connectivity index (χ1) is 6.29. The Morgan fingerprint density at radius 2 is 2.46 bits per heavy atom. The highest BCUT2D eigenvalue weighted by atomic mass is 32.2. The summed E-state index contributed by atoms with van der Waals surface area (Å²) in [6.45, 7) is 3.21. The monoisotopic (exact) mass is 203 g/mol. The van der Waals surface area contributed by atoms with Crippen molar-refractivity contribution >= 4 is 17.7 Å². The van der Waals surface area contributed by atoms with Gasteiger partial charge in [0, 0.05) is 24.8 Å². The average Bonchev–Trinajstić information content (AvgIpc) is 2.65. The lowest BCUT2D eigenvalue weighted by atomic mass is 10.1. The van der Waals surface area contributed by atoms with E-state index >= 15 is 0 Å². The van der Waals surface area contributed by atoms with Crippen molar-refractivity contribution in [2.45, 2.75) is 13.3 Å². The zero-order chi connectivity index (χ0) is 9.68. The van der Waals surface area contributed by atoms with E-state index in [0.717, 1.165) is 17.9 Å². The van der Waals surface area contributed by atoms with Crippen molar-refractivity contribution in [1.82, 2.24) is 4.90 Å². The molecule has 1 saturated heterocycles. The maximum atomic E-state index is 11.8. The van der Waals surface area contributed by atoms with E-state index in [1.165, 1.54) is 0 Å². The van der Waals surface area contributed by atoms with E-state index in [1.807, 2.05) is 18.7 Å². The Balaban J connectivity index is 2.42. The second-order valence-electron chi connectivity index (χ2n) is 3.20. The highest BCUT2D eigenvalue weighted by molar-refractivity contribution is 7.99. The lowest BCUT2D eigenvalue weighted by molar-refractivity contribution is -0.135. The molecule has 0 aromatic heterocycles. The summed E-state index contributed by atoms with van der Waals surface area (Å²) in [5, 5.41) is 8.76. The fraction of sp³-hybridized carbons (Fsp3) is 0.889. The van der Waals surface area contributed by atoms with Crippen LogP contribution in [-0.4, -0.2) is 47.1 Å². The Bertz CT molecular complexity index is 169. The van der Waals surface area contributed by atoms with Gasteiger partial charge < -0.3 is 10.0 Å². The van der Waals surface area contributed by atoms with Gasteiger partial charge in [-0.15, -0.1) is 0 Å². The molecule has 13 heavy (non-hydrogen) atoms. The van der Waals surface area contributed by atoms with Crippen LogP contribution in [0.3, 0.4) is 0 Å². The third-order valence-corrected chi connectivity index (χ3v) is 3.50. The molecular weight excluding hydrogens is 186 g/mol. The van der Waals surface area contributed by atoms with Gasteiger partial charge in [-0.05, 0) is 19.1 Å². The molecule has 1 unspecified atom stereocenters. The molecule has 4 heteroatoms. The van der Waals surface area contributed by atoms with E-state index in [1.54, 1.807) is 4.90 Å². The minimum absolute atomic E-state index is 0.0689. The average molecular weight is 203 g/mol. The fourth-order valence-electron chi connectivity index (χ4n) is 1.53. The van der Waals surface area contributed by atoms with Crippen LogP contribution in [0.4, 0.5) is 0 Å². The van der Waals surface area contributed by atoms with Gasteiger partial charge in [-0.1, -0.05) is 0 Å². The van der Waals surface area contributed by atoms with Crippen LogP contribution in [-0.2, 0) is 4.79 Å². The highest BCUT2D eigenvalue weighted by Gasteiger charge is 2.26. The molecular formula is C9H17NO2S.